The molecule has 0 saturated heterocycles. The van der Waals surface area contributed by atoms with Crippen molar-refractivity contribution in [3.63, 3.8) is 0 Å². The Hall–Kier alpha value is -2.77. The van der Waals surface area contributed by atoms with Crippen LogP contribution >= 0.6 is 0 Å². The number of imidazole rings is 1. The highest BCUT2D eigenvalue weighted by Crippen LogP contribution is 2.16. The molecular formula is C15H15F2N5O. The maximum atomic E-state index is 12.4. The average molecular weight is 319 g/mol. The molecule has 2 heterocycles. The summed E-state index contributed by atoms with van der Waals surface area (Å²) in [5.74, 6) is 0.403. The predicted octanol–water partition coefficient (Wildman–Crippen LogP) is 2.40. The Kier molecular flexibility index (Phi) is 3.81. The van der Waals surface area contributed by atoms with Gasteiger partial charge in [0.15, 0.2) is 0 Å². The Labute approximate surface area is 130 Å². The second-order valence-corrected chi connectivity index (χ2v) is 5.18. The third-order valence-corrected chi connectivity index (χ3v) is 3.66. The van der Waals surface area contributed by atoms with Gasteiger partial charge < -0.3 is 9.88 Å². The van der Waals surface area contributed by atoms with E-state index in [1.807, 2.05) is 36.7 Å². The maximum Gasteiger partial charge on any atom is 0.333 e. The number of hydrogen-bond acceptors (Lipinski definition) is 3. The fourth-order valence-electron chi connectivity index (χ4n) is 2.32. The lowest BCUT2D eigenvalue weighted by molar-refractivity contribution is 0.0560. The second kappa shape index (κ2) is 5.79. The number of aryl methyl sites for hydroxylation is 2. The molecule has 8 heteroatoms. The van der Waals surface area contributed by atoms with E-state index >= 15 is 0 Å². The number of carbonyl (C=O) groups excluding carboxylic acids is 1. The van der Waals surface area contributed by atoms with Gasteiger partial charge in [-0.2, -0.15) is 13.9 Å². The first-order valence-corrected chi connectivity index (χ1v) is 6.99. The van der Waals surface area contributed by atoms with Gasteiger partial charge in [0.25, 0.3) is 5.91 Å². The molecule has 1 amide bonds. The number of fused-ring (bicyclic) bond motifs is 1. The van der Waals surface area contributed by atoms with Crippen molar-refractivity contribution in [2.75, 3.05) is 0 Å². The Bertz CT molecular complexity index is 868. The summed E-state index contributed by atoms with van der Waals surface area (Å²) in [6.07, 6.45) is 1.07. The lowest BCUT2D eigenvalue weighted by Crippen LogP contribution is -2.23. The van der Waals surface area contributed by atoms with Gasteiger partial charge in [0.05, 0.1) is 11.0 Å². The number of rotatable bonds is 4. The van der Waals surface area contributed by atoms with E-state index < -0.39 is 12.5 Å². The van der Waals surface area contributed by atoms with Crippen LogP contribution in [0.3, 0.4) is 0 Å². The van der Waals surface area contributed by atoms with Gasteiger partial charge in [0, 0.05) is 19.8 Å². The van der Waals surface area contributed by atoms with Crippen molar-refractivity contribution in [2.45, 2.75) is 20.0 Å². The monoisotopic (exact) mass is 319 g/mol. The van der Waals surface area contributed by atoms with Crippen molar-refractivity contribution in [3.05, 3.63) is 47.5 Å². The van der Waals surface area contributed by atoms with E-state index in [-0.39, 0.29) is 12.2 Å². The number of nitrogens with zero attached hydrogens (tertiary/aromatic N) is 4. The molecule has 0 fully saturated rings. The van der Waals surface area contributed by atoms with Crippen LogP contribution in [0.5, 0.6) is 0 Å². The third-order valence-electron chi connectivity index (χ3n) is 3.66. The summed E-state index contributed by atoms with van der Waals surface area (Å²) in [5, 5.41) is 6.19. The minimum absolute atomic E-state index is 0.0416. The van der Waals surface area contributed by atoms with Gasteiger partial charge in [-0.3, -0.25) is 4.79 Å². The first kappa shape index (κ1) is 15.1. The molecule has 1 aromatic carbocycles. The van der Waals surface area contributed by atoms with Crippen LogP contribution in [-0.2, 0) is 13.6 Å². The zero-order chi connectivity index (χ0) is 16.6. The summed E-state index contributed by atoms with van der Waals surface area (Å²) >= 11 is 0. The number of benzene rings is 1. The molecule has 6 nitrogen and oxygen atoms in total. The van der Waals surface area contributed by atoms with E-state index in [0.717, 1.165) is 28.6 Å². The van der Waals surface area contributed by atoms with Crippen LogP contribution in [0, 0.1) is 6.92 Å². The van der Waals surface area contributed by atoms with Crippen LogP contribution in [-0.4, -0.2) is 25.2 Å². The van der Waals surface area contributed by atoms with Gasteiger partial charge in [-0.25, -0.2) is 9.67 Å². The zero-order valence-corrected chi connectivity index (χ0v) is 12.6. The summed E-state index contributed by atoms with van der Waals surface area (Å²) in [6.45, 7) is -0.571. The van der Waals surface area contributed by atoms with Gasteiger partial charge >= 0.3 is 6.55 Å². The fourth-order valence-corrected chi connectivity index (χ4v) is 2.32. The van der Waals surface area contributed by atoms with Crippen LogP contribution < -0.4 is 5.32 Å². The highest BCUT2D eigenvalue weighted by Gasteiger charge is 2.13. The van der Waals surface area contributed by atoms with E-state index in [1.165, 1.54) is 6.07 Å². The average Bonchev–Trinajstić information content (AvgIpc) is 3.11. The SMILES string of the molecule is Cc1nc2cc(CNC(=O)c3ccn(C(F)F)n3)ccc2n1C. The fraction of sp³-hybridized carbons (Fsp3) is 0.267. The Morgan fingerprint density at radius 3 is 2.83 bits per heavy atom. The normalized spacial score (nSPS) is 11.3. The number of nitrogens with one attached hydrogen (secondary N) is 1. The van der Waals surface area contributed by atoms with E-state index in [4.69, 9.17) is 0 Å². The maximum absolute atomic E-state index is 12.4. The van der Waals surface area contributed by atoms with Crippen molar-refractivity contribution in [1.82, 2.24) is 24.6 Å². The van der Waals surface area contributed by atoms with Gasteiger partial charge in [0.2, 0.25) is 0 Å². The van der Waals surface area contributed by atoms with Crippen LogP contribution in [0.25, 0.3) is 11.0 Å². The molecule has 0 aliphatic rings. The molecule has 0 radical (unpaired) electrons. The zero-order valence-electron chi connectivity index (χ0n) is 12.6. The van der Waals surface area contributed by atoms with Gasteiger partial charge in [0.1, 0.15) is 11.5 Å². The molecule has 23 heavy (non-hydrogen) atoms. The molecule has 3 rings (SSSR count). The molecule has 0 atom stereocenters. The molecule has 0 aliphatic heterocycles. The smallest absolute Gasteiger partial charge is 0.333 e. The first-order valence-electron chi connectivity index (χ1n) is 6.99. The molecule has 1 N–H and O–H groups in total. The van der Waals surface area contributed by atoms with Gasteiger partial charge in [-0.1, -0.05) is 6.07 Å². The van der Waals surface area contributed by atoms with Crippen LogP contribution in [0.2, 0.25) is 0 Å². The highest BCUT2D eigenvalue weighted by molar-refractivity contribution is 5.92. The lowest BCUT2D eigenvalue weighted by Gasteiger charge is -2.04. The third kappa shape index (κ3) is 2.92. The summed E-state index contributed by atoms with van der Waals surface area (Å²) in [6, 6.07) is 6.97. The summed E-state index contributed by atoms with van der Waals surface area (Å²) in [7, 11) is 1.94. The molecule has 0 bridgehead atoms. The molecular weight excluding hydrogens is 304 g/mol. The minimum Gasteiger partial charge on any atom is -0.347 e. The van der Waals surface area contributed by atoms with Gasteiger partial charge in [-0.15, -0.1) is 0 Å². The number of hydrogen-bond donors (Lipinski definition) is 1. The number of carbonyl (C=O) groups is 1. The quantitative estimate of drug-likeness (QED) is 0.803. The van der Waals surface area contributed by atoms with E-state index in [2.05, 4.69) is 15.4 Å². The van der Waals surface area contributed by atoms with Crippen LogP contribution in [0.1, 0.15) is 28.4 Å². The van der Waals surface area contributed by atoms with Crippen molar-refractivity contribution in [2.24, 2.45) is 7.05 Å². The van der Waals surface area contributed by atoms with E-state index in [1.54, 1.807) is 0 Å². The molecule has 0 spiro atoms. The summed E-state index contributed by atoms with van der Waals surface area (Å²) < 4.78 is 27.3. The largest absolute Gasteiger partial charge is 0.347 e. The second-order valence-electron chi connectivity index (χ2n) is 5.18. The Morgan fingerprint density at radius 2 is 2.13 bits per heavy atom. The molecule has 3 aromatic rings. The first-order chi connectivity index (χ1) is 11.0. The molecule has 0 unspecified atom stereocenters. The van der Waals surface area contributed by atoms with Gasteiger partial charge in [-0.05, 0) is 30.7 Å². The van der Waals surface area contributed by atoms with Crippen LogP contribution in [0.15, 0.2) is 30.5 Å². The van der Waals surface area contributed by atoms with Crippen molar-refractivity contribution < 1.29 is 13.6 Å². The number of amides is 1. The van der Waals surface area contributed by atoms with Crippen molar-refractivity contribution >= 4 is 16.9 Å². The number of aromatic nitrogens is 4. The topological polar surface area (TPSA) is 64.7 Å². The Balaban J connectivity index is 1.71. The molecule has 0 saturated carbocycles. The lowest BCUT2D eigenvalue weighted by atomic mass is 10.2. The summed E-state index contributed by atoms with van der Waals surface area (Å²) in [5.41, 5.74) is 2.68. The molecule has 0 aliphatic carbocycles. The predicted molar refractivity (Wildman–Crippen MR) is 80.1 cm³/mol. The minimum atomic E-state index is -2.76. The summed E-state index contributed by atoms with van der Waals surface area (Å²) in [4.78, 5) is 16.4. The number of alkyl halides is 2. The standard InChI is InChI=1S/C15H15F2N5O/c1-9-19-12-7-10(3-4-13(12)21(9)2)8-18-14(23)11-5-6-22(20-11)15(16)17/h3-7,15H,8H2,1-2H3,(H,18,23). The number of halogens is 2. The van der Waals surface area contributed by atoms with Crippen molar-refractivity contribution in [3.8, 4) is 0 Å². The Morgan fingerprint density at radius 1 is 1.35 bits per heavy atom. The van der Waals surface area contributed by atoms with E-state index in [0.29, 0.717) is 4.68 Å². The van der Waals surface area contributed by atoms with Crippen LogP contribution in [0.4, 0.5) is 8.78 Å². The molecule has 2 aromatic heterocycles. The highest BCUT2D eigenvalue weighted by atomic mass is 19.3. The van der Waals surface area contributed by atoms with E-state index in [9.17, 15) is 13.6 Å². The molecule has 120 valence electrons. The van der Waals surface area contributed by atoms with Crippen molar-refractivity contribution in [1.29, 1.82) is 0 Å².